The fourth-order valence-corrected chi connectivity index (χ4v) is 5.78. The molecule has 2 amide bonds. The van der Waals surface area contributed by atoms with Crippen LogP contribution in [0.4, 0.5) is 5.69 Å². The number of hydrogen-bond donors (Lipinski definition) is 1. The Kier molecular flexibility index (Phi) is 10.5. The topological polar surface area (TPSA) is 86.8 Å². The molecular formula is C29H34BrN3O4S. The van der Waals surface area contributed by atoms with Crippen molar-refractivity contribution < 1.29 is 18.0 Å². The van der Waals surface area contributed by atoms with Crippen LogP contribution < -0.4 is 9.62 Å². The number of benzene rings is 3. The molecule has 202 valence electrons. The van der Waals surface area contributed by atoms with Crippen LogP contribution in [0.3, 0.4) is 0 Å². The number of amides is 2. The van der Waals surface area contributed by atoms with Crippen molar-refractivity contribution in [3.8, 4) is 0 Å². The highest BCUT2D eigenvalue weighted by Gasteiger charge is 2.32. The van der Waals surface area contributed by atoms with Gasteiger partial charge in [0.15, 0.2) is 0 Å². The molecule has 0 aliphatic heterocycles. The first-order valence-corrected chi connectivity index (χ1v) is 14.8. The highest BCUT2D eigenvalue weighted by molar-refractivity contribution is 9.10. The molecule has 0 unspecified atom stereocenters. The monoisotopic (exact) mass is 599 g/mol. The SMILES string of the molecule is CCCCNC(=O)[C@@H](C)N(Cc1ccccc1C)C(=O)CN(c1cccc(Br)c1)S(=O)(=O)c1ccccc1. The van der Waals surface area contributed by atoms with E-state index in [1.807, 2.05) is 38.1 Å². The molecule has 3 rings (SSSR count). The van der Waals surface area contributed by atoms with Gasteiger partial charge in [-0.15, -0.1) is 0 Å². The molecule has 0 heterocycles. The summed E-state index contributed by atoms with van der Waals surface area (Å²) in [6, 6.07) is 21.6. The van der Waals surface area contributed by atoms with Gasteiger partial charge >= 0.3 is 0 Å². The van der Waals surface area contributed by atoms with Gasteiger partial charge in [-0.25, -0.2) is 8.42 Å². The summed E-state index contributed by atoms with van der Waals surface area (Å²) in [6.07, 6.45) is 1.76. The summed E-state index contributed by atoms with van der Waals surface area (Å²) < 4.78 is 29.3. The average molecular weight is 601 g/mol. The maximum atomic E-state index is 13.9. The van der Waals surface area contributed by atoms with Gasteiger partial charge in [-0.3, -0.25) is 13.9 Å². The normalized spacial score (nSPS) is 12.0. The van der Waals surface area contributed by atoms with Crippen LogP contribution >= 0.6 is 15.9 Å². The number of rotatable bonds is 12. The third-order valence-corrected chi connectivity index (χ3v) is 8.59. The second kappa shape index (κ2) is 13.6. The molecular weight excluding hydrogens is 566 g/mol. The molecule has 1 atom stereocenters. The lowest BCUT2D eigenvalue weighted by atomic mass is 10.1. The van der Waals surface area contributed by atoms with Crippen molar-refractivity contribution in [2.24, 2.45) is 0 Å². The zero-order valence-corrected chi connectivity index (χ0v) is 24.3. The maximum absolute atomic E-state index is 13.9. The van der Waals surface area contributed by atoms with Gasteiger partial charge in [0, 0.05) is 17.6 Å². The highest BCUT2D eigenvalue weighted by Crippen LogP contribution is 2.27. The number of carbonyl (C=O) groups excluding carboxylic acids is 2. The summed E-state index contributed by atoms with van der Waals surface area (Å²) in [5.41, 5.74) is 2.20. The molecule has 7 nitrogen and oxygen atoms in total. The first-order valence-electron chi connectivity index (χ1n) is 12.6. The zero-order valence-electron chi connectivity index (χ0n) is 21.9. The molecule has 0 bridgehead atoms. The minimum atomic E-state index is -4.08. The number of unbranched alkanes of at least 4 members (excludes halogenated alkanes) is 1. The molecule has 9 heteroatoms. The van der Waals surface area contributed by atoms with Crippen molar-refractivity contribution in [3.63, 3.8) is 0 Å². The minimum Gasteiger partial charge on any atom is -0.354 e. The Bertz CT molecular complexity index is 1350. The summed E-state index contributed by atoms with van der Waals surface area (Å²) in [7, 11) is -4.08. The van der Waals surface area contributed by atoms with Gasteiger partial charge in [0.1, 0.15) is 12.6 Å². The van der Waals surface area contributed by atoms with E-state index in [1.54, 1.807) is 49.4 Å². The molecule has 38 heavy (non-hydrogen) atoms. The third-order valence-electron chi connectivity index (χ3n) is 6.31. The molecule has 3 aromatic rings. The number of sulfonamides is 1. The Labute approximate surface area is 234 Å². The summed E-state index contributed by atoms with van der Waals surface area (Å²) >= 11 is 3.40. The van der Waals surface area contributed by atoms with E-state index in [1.165, 1.54) is 17.0 Å². The summed E-state index contributed by atoms with van der Waals surface area (Å²) in [6.45, 7) is 5.87. The number of hydrogen-bond acceptors (Lipinski definition) is 4. The number of carbonyl (C=O) groups is 2. The molecule has 3 aromatic carbocycles. The van der Waals surface area contributed by atoms with Gasteiger partial charge in [-0.1, -0.05) is 77.8 Å². The predicted octanol–water partition coefficient (Wildman–Crippen LogP) is 5.29. The number of nitrogens with zero attached hydrogens (tertiary/aromatic N) is 2. The molecule has 0 saturated heterocycles. The smallest absolute Gasteiger partial charge is 0.264 e. The van der Waals surface area contributed by atoms with E-state index in [2.05, 4.69) is 21.2 Å². The van der Waals surface area contributed by atoms with E-state index >= 15 is 0 Å². The van der Waals surface area contributed by atoms with Crippen LogP contribution in [0.1, 0.15) is 37.8 Å². The summed E-state index contributed by atoms with van der Waals surface area (Å²) in [4.78, 5) is 28.5. The van der Waals surface area contributed by atoms with Crippen LogP contribution in [0.15, 0.2) is 88.2 Å². The fourth-order valence-electron chi connectivity index (χ4n) is 3.97. The van der Waals surface area contributed by atoms with Gasteiger partial charge in [0.05, 0.1) is 10.6 Å². The van der Waals surface area contributed by atoms with Gasteiger partial charge in [-0.2, -0.15) is 0 Å². The second-order valence-electron chi connectivity index (χ2n) is 9.07. The fraction of sp³-hybridized carbons (Fsp3) is 0.310. The van der Waals surface area contributed by atoms with Gasteiger partial charge < -0.3 is 10.2 Å². The van der Waals surface area contributed by atoms with Crippen molar-refractivity contribution >= 4 is 43.5 Å². The van der Waals surface area contributed by atoms with Crippen molar-refractivity contribution in [1.29, 1.82) is 0 Å². The maximum Gasteiger partial charge on any atom is 0.264 e. The van der Waals surface area contributed by atoms with Crippen LogP contribution in [0.5, 0.6) is 0 Å². The van der Waals surface area contributed by atoms with Crippen molar-refractivity contribution in [2.75, 3.05) is 17.4 Å². The largest absolute Gasteiger partial charge is 0.354 e. The number of anilines is 1. The molecule has 1 N–H and O–H groups in total. The highest BCUT2D eigenvalue weighted by atomic mass is 79.9. The lowest BCUT2D eigenvalue weighted by molar-refractivity contribution is -0.139. The van der Waals surface area contributed by atoms with Crippen LogP contribution in [-0.4, -0.2) is 44.3 Å². The lowest BCUT2D eigenvalue weighted by Crippen LogP contribution is -2.51. The Morgan fingerprint density at radius 2 is 1.66 bits per heavy atom. The van der Waals surface area contributed by atoms with Gasteiger partial charge in [0.25, 0.3) is 10.0 Å². The number of halogens is 1. The molecule has 0 aromatic heterocycles. The van der Waals surface area contributed by atoms with Gasteiger partial charge in [0.2, 0.25) is 11.8 Å². The number of nitrogens with one attached hydrogen (secondary N) is 1. The predicted molar refractivity (Wildman–Crippen MR) is 154 cm³/mol. The molecule has 0 spiro atoms. The van der Waals surface area contributed by atoms with Crippen LogP contribution in [0.25, 0.3) is 0 Å². The average Bonchev–Trinajstić information content (AvgIpc) is 2.91. The lowest BCUT2D eigenvalue weighted by Gasteiger charge is -2.32. The Balaban J connectivity index is 2.00. The van der Waals surface area contributed by atoms with E-state index in [-0.39, 0.29) is 17.3 Å². The molecule has 0 aliphatic rings. The third kappa shape index (κ3) is 7.45. The van der Waals surface area contributed by atoms with E-state index in [4.69, 9.17) is 0 Å². The molecule has 0 fully saturated rings. The molecule has 0 saturated carbocycles. The summed E-state index contributed by atoms with van der Waals surface area (Å²) in [5.74, 6) is -0.758. The standard InChI is InChI=1S/C29H34BrN3O4S/c1-4-5-18-31-29(35)23(3)32(20-24-13-10-9-12-22(24)2)28(34)21-33(26-15-11-14-25(30)19-26)38(36,37)27-16-7-6-8-17-27/h6-17,19,23H,4-5,18,20-21H2,1-3H3,(H,31,35)/t23-/m1/s1. The van der Waals surface area contributed by atoms with E-state index in [9.17, 15) is 18.0 Å². The number of aryl methyl sites for hydroxylation is 1. The van der Waals surface area contributed by atoms with Crippen molar-refractivity contribution in [3.05, 3.63) is 94.5 Å². The van der Waals surface area contributed by atoms with Crippen LogP contribution in [0, 0.1) is 6.92 Å². The van der Waals surface area contributed by atoms with Crippen LogP contribution in [0.2, 0.25) is 0 Å². The molecule has 0 aliphatic carbocycles. The van der Waals surface area contributed by atoms with Crippen LogP contribution in [-0.2, 0) is 26.2 Å². The first kappa shape index (κ1) is 29.4. The van der Waals surface area contributed by atoms with Crippen molar-refractivity contribution in [1.82, 2.24) is 10.2 Å². The van der Waals surface area contributed by atoms with E-state index < -0.39 is 28.5 Å². The quantitative estimate of drug-likeness (QED) is 0.287. The van der Waals surface area contributed by atoms with Gasteiger partial charge in [-0.05, 0) is 61.7 Å². The minimum absolute atomic E-state index is 0.0728. The zero-order chi connectivity index (χ0) is 27.7. The van der Waals surface area contributed by atoms with Crippen molar-refractivity contribution in [2.45, 2.75) is 51.1 Å². The van der Waals surface area contributed by atoms with E-state index in [0.29, 0.717) is 16.7 Å². The van der Waals surface area contributed by atoms with E-state index in [0.717, 1.165) is 28.3 Å². The first-order chi connectivity index (χ1) is 18.1. The Morgan fingerprint density at radius 3 is 2.32 bits per heavy atom. The Morgan fingerprint density at radius 1 is 0.974 bits per heavy atom. The second-order valence-corrected chi connectivity index (χ2v) is 11.9. The summed E-state index contributed by atoms with van der Waals surface area (Å²) in [5, 5.41) is 2.90. The molecule has 0 radical (unpaired) electrons. The Hall–Kier alpha value is -3.17.